The molecule has 1 aromatic carbocycles. The van der Waals surface area contributed by atoms with E-state index in [1.165, 1.54) is 7.11 Å². The van der Waals surface area contributed by atoms with Crippen molar-refractivity contribution in [1.29, 1.82) is 0 Å². The van der Waals surface area contributed by atoms with E-state index in [1.54, 1.807) is 24.3 Å². The Morgan fingerprint density at radius 3 is 2.57 bits per heavy atom. The van der Waals surface area contributed by atoms with Crippen molar-refractivity contribution in [3.8, 4) is 0 Å². The van der Waals surface area contributed by atoms with Crippen LogP contribution in [0, 0.1) is 0 Å². The zero-order chi connectivity index (χ0) is 15.8. The summed E-state index contributed by atoms with van der Waals surface area (Å²) < 4.78 is 5.00. The number of carbonyl (C=O) groups excluding carboxylic acids is 2. The molecule has 0 fully saturated rings. The van der Waals surface area contributed by atoms with Gasteiger partial charge in [0.15, 0.2) is 0 Å². The first-order valence-electron chi connectivity index (χ1n) is 6.09. The predicted octanol–water partition coefficient (Wildman–Crippen LogP) is 0.283. The molecule has 3 amide bonds. The van der Waals surface area contributed by atoms with Crippen LogP contribution in [-0.4, -0.2) is 36.2 Å². The molecule has 0 bridgehead atoms. The summed E-state index contributed by atoms with van der Waals surface area (Å²) in [7, 11) is 1.52. The Bertz CT molecular complexity index is 532. The summed E-state index contributed by atoms with van der Waals surface area (Å²) in [6.45, 7) is 0.292. The molecule has 1 atom stereocenters. The van der Waals surface area contributed by atoms with E-state index >= 15 is 0 Å². The molecule has 0 saturated carbocycles. The van der Waals surface area contributed by atoms with Crippen molar-refractivity contribution in [1.82, 2.24) is 5.32 Å². The monoisotopic (exact) mass is 295 g/mol. The molecule has 1 rings (SSSR count). The van der Waals surface area contributed by atoms with E-state index in [0.717, 1.165) is 5.56 Å². The number of carboxylic acid groups (broad SMARTS) is 1. The van der Waals surface area contributed by atoms with Crippen LogP contribution in [0.4, 0.5) is 10.5 Å². The summed E-state index contributed by atoms with van der Waals surface area (Å²) in [6.07, 6.45) is -0.484. The van der Waals surface area contributed by atoms with Gasteiger partial charge in [-0.25, -0.2) is 9.59 Å². The van der Waals surface area contributed by atoms with Gasteiger partial charge in [-0.15, -0.1) is 0 Å². The maximum atomic E-state index is 11.8. The van der Waals surface area contributed by atoms with Gasteiger partial charge in [-0.2, -0.15) is 0 Å². The first-order valence-corrected chi connectivity index (χ1v) is 6.09. The third kappa shape index (κ3) is 5.49. The molecule has 1 aromatic rings. The van der Waals surface area contributed by atoms with Gasteiger partial charge < -0.3 is 26.2 Å². The summed E-state index contributed by atoms with van der Waals surface area (Å²) in [5, 5.41) is 13.6. The molecule has 8 heteroatoms. The van der Waals surface area contributed by atoms with Gasteiger partial charge in [0.1, 0.15) is 6.04 Å². The number of aliphatic carboxylic acids is 1. The Labute approximate surface area is 121 Å². The van der Waals surface area contributed by atoms with E-state index in [2.05, 4.69) is 10.6 Å². The van der Waals surface area contributed by atoms with Gasteiger partial charge in [-0.05, 0) is 6.07 Å². The smallest absolute Gasteiger partial charge is 0.326 e. The maximum absolute atomic E-state index is 11.8. The quantitative estimate of drug-likeness (QED) is 0.574. The highest BCUT2D eigenvalue weighted by Crippen LogP contribution is 2.15. The van der Waals surface area contributed by atoms with Crippen molar-refractivity contribution in [2.75, 3.05) is 12.4 Å². The summed E-state index contributed by atoms with van der Waals surface area (Å²) >= 11 is 0. The number of methoxy groups -OCH3 is 1. The lowest BCUT2D eigenvalue weighted by Crippen LogP contribution is -2.45. The predicted molar refractivity (Wildman–Crippen MR) is 74.5 cm³/mol. The largest absolute Gasteiger partial charge is 0.480 e. The molecule has 21 heavy (non-hydrogen) atoms. The zero-order valence-corrected chi connectivity index (χ0v) is 11.5. The molecule has 0 saturated heterocycles. The lowest BCUT2D eigenvalue weighted by atomic mass is 10.2. The Kier molecular flexibility index (Phi) is 6.15. The van der Waals surface area contributed by atoms with Crippen molar-refractivity contribution in [3.05, 3.63) is 29.8 Å². The minimum absolute atomic E-state index is 0.292. The minimum atomic E-state index is -1.38. The third-order valence-electron chi connectivity index (χ3n) is 2.57. The Hall–Kier alpha value is -2.61. The molecule has 0 aromatic heterocycles. The minimum Gasteiger partial charge on any atom is -0.480 e. The molecular weight excluding hydrogens is 278 g/mol. The van der Waals surface area contributed by atoms with Crippen LogP contribution < -0.4 is 16.4 Å². The number of hydrogen-bond acceptors (Lipinski definition) is 4. The fraction of sp³-hybridized carbons (Fsp3) is 0.308. The van der Waals surface area contributed by atoms with Crippen LogP contribution in [0.1, 0.15) is 12.0 Å². The second kappa shape index (κ2) is 7.85. The Morgan fingerprint density at radius 2 is 2.00 bits per heavy atom. The molecule has 0 spiro atoms. The van der Waals surface area contributed by atoms with Crippen molar-refractivity contribution in [3.63, 3.8) is 0 Å². The van der Waals surface area contributed by atoms with Gasteiger partial charge in [-0.3, -0.25) is 4.79 Å². The molecule has 0 radical (unpaired) electrons. The first-order chi connectivity index (χ1) is 9.93. The van der Waals surface area contributed by atoms with Crippen LogP contribution in [0.2, 0.25) is 0 Å². The molecule has 5 N–H and O–H groups in total. The van der Waals surface area contributed by atoms with Gasteiger partial charge in [-0.1, -0.05) is 18.2 Å². The topological polar surface area (TPSA) is 131 Å². The van der Waals surface area contributed by atoms with Crippen molar-refractivity contribution < 1.29 is 24.2 Å². The molecule has 0 heterocycles. The van der Waals surface area contributed by atoms with Crippen LogP contribution in [0.3, 0.4) is 0 Å². The van der Waals surface area contributed by atoms with Gasteiger partial charge in [0.25, 0.3) is 0 Å². The van der Waals surface area contributed by atoms with Gasteiger partial charge >= 0.3 is 12.0 Å². The van der Waals surface area contributed by atoms with Crippen LogP contribution in [0.15, 0.2) is 24.3 Å². The van der Waals surface area contributed by atoms with Gasteiger partial charge in [0, 0.05) is 18.4 Å². The number of primary amides is 1. The van der Waals surface area contributed by atoms with Crippen LogP contribution >= 0.6 is 0 Å². The van der Waals surface area contributed by atoms with Crippen molar-refractivity contribution in [2.45, 2.75) is 19.1 Å². The van der Waals surface area contributed by atoms with E-state index in [4.69, 9.17) is 15.6 Å². The molecule has 0 aliphatic heterocycles. The highest BCUT2D eigenvalue weighted by molar-refractivity contribution is 5.94. The number of para-hydroxylation sites is 1. The fourth-order valence-electron chi connectivity index (χ4n) is 1.64. The van der Waals surface area contributed by atoms with Gasteiger partial charge in [0.2, 0.25) is 5.91 Å². The molecular formula is C13H17N3O5. The zero-order valence-electron chi connectivity index (χ0n) is 11.5. The first kappa shape index (κ1) is 16.4. The maximum Gasteiger partial charge on any atom is 0.326 e. The number of urea groups is 1. The summed E-state index contributed by atoms with van der Waals surface area (Å²) in [6, 6.07) is 4.79. The average Bonchev–Trinajstić information content (AvgIpc) is 2.40. The third-order valence-corrected chi connectivity index (χ3v) is 2.57. The number of anilines is 1. The number of hydrogen-bond donors (Lipinski definition) is 4. The SMILES string of the molecule is COCc1ccccc1NC(=O)N[C@@H](CC(N)=O)C(=O)O. The number of nitrogens with one attached hydrogen (secondary N) is 2. The summed E-state index contributed by atoms with van der Waals surface area (Å²) in [5.41, 5.74) is 6.15. The molecule has 0 aliphatic rings. The van der Waals surface area contributed by atoms with E-state index in [-0.39, 0.29) is 0 Å². The lowest BCUT2D eigenvalue weighted by Gasteiger charge is -2.15. The van der Waals surface area contributed by atoms with E-state index < -0.39 is 30.4 Å². The van der Waals surface area contributed by atoms with Crippen LogP contribution in [0.25, 0.3) is 0 Å². The Morgan fingerprint density at radius 1 is 1.33 bits per heavy atom. The second-order valence-electron chi connectivity index (χ2n) is 4.25. The van der Waals surface area contributed by atoms with E-state index in [1.807, 2.05) is 0 Å². The number of ether oxygens (including phenoxy) is 1. The number of carbonyl (C=O) groups is 3. The summed E-state index contributed by atoms with van der Waals surface area (Å²) in [5.74, 6) is -2.16. The second-order valence-corrected chi connectivity index (χ2v) is 4.25. The highest BCUT2D eigenvalue weighted by atomic mass is 16.5. The van der Waals surface area contributed by atoms with Gasteiger partial charge in [0.05, 0.1) is 13.0 Å². The fourth-order valence-corrected chi connectivity index (χ4v) is 1.64. The number of rotatable bonds is 7. The highest BCUT2D eigenvalue weighted by Gasteiger charge is 2.22. The van der Waals surface area contributed by atoms with Crippen molar-refractivity contribution in [2.24, 2.45) is 5.73 Å². The normalized spacial score (nSPS) is 11.5. The van der Waals surface area contributed by atoms with Crippen LogP contribution in [-0.2, 0) is 20.9 Å². The summed E-state index contributed by atoms with van der Waals surface area (Å²) in [4.78, 5) is 33.5. The Balaban J connectivity index is 2.72. The molecule has 114 valence electrons. The molecule has 8 nitrogen and oxygen atoms in total. The number of carboxylic acids is 1. The molecule has 0 aliphatic carbocycles. The number of nitrogens with two attached hydrogens (primary N) is 1. The standard InChI is InChI=1S/C13H17N3O5/c1-21-7-8-4-2-3-5-9(8)15-13(20)16-10(12(18)19)6-11(14)17/h2-5,10H,6-7H2,1H3,(H2,14,17)(H,18,19)(H2,15,16,20)/t10-/m0/s1. The number of amides is 3. The van der Waals surface area contributed by atoms with E-state index in [0.29, 0.717) is 12.3 Å². The van der Waals surface area contributed by atoms with Crippen molar-refractivity contribution >= 4 is 23.6 Å². The van der Waals surface area contributed by atoms with E-state index in [9.17, 15) is 14.4 Å². The lowest BCUT2D eigenvalue weighted by molar-refractivity contribution is -0.140. The average molecular weight is 295 g/mol. The van der Waals surface area contributed by atoms with Crippen LogP contribution in [0.5, 0.6) is 0 Å². The number of benzene rings is 1. The molecule has 0 unspecified atom stereocenters.